The first-order valence-corrected chi connectivity index (χ1v) is 11.5. The molecule has 1 atom stereocenters. The van der Waals surface area contributed by atoms with Crippen molar-refractivity contribution in [3.8, 4) is 16.9 Å². The second-order valence-corrected chi connectivity index (χ2v) is 8.54. The number of para-hydroxylation sites is 1. The maximum atomic E-state index is 12.6. The van der Waals surface area contributed by atoms with Crippen LogP contribution in [0.25, 0.3) is 32.8 Å². The van der Waals surface area contributed by atoms with Crippen LogP contribution in [0.1, 0.15) is 15.9 Å². The summed E-state index contributed by atoms with van der Waals surface area (Å²) in [5.41, 5.74) is 10.4. The van der Waals surface area contributed by atoms with Gasteiger partial charge in [0.2, 0.25) is 0 Å². The van der Waals surface area contributed by atoms with E-state index >= 15 is 0 Å². The van der Waals surface area contributed by atoms with Crippen molar-refractivity contribution in [1.82, 2.24) is 4.98 Å². The molecule has 1 heterocycles. The van der Waals surface area contributed by atoms with Gasteiger partial charge in [0.05, 0.1) is 18.2 Å². The summed E-state index contributed by atoms with van der Waals surface area (Å²) < 4.78 is 11.0. The zero-order valence-corrected chi connectivity index (χ0v) is 19.5. The van der Waals surface area contributed by atoms with Gasteiger partial charge < -0.3 is 15.2 Å². The van der Waals surface area contributed by atoms with Crippen LogP contribution in [-0.4, -0.2) is 30.7 Å². The van der Waals surface area contributed by atoms with E-state index in [1.165, 1.54) is 23.4 Å². The summed E-state index contributed by atoms with van der Waals surface area (Å²) in [6.45, 7) is 0.400. The average Bonchev–Trinajstić information content (AvgIpc) is 2.91. The number of pyridine rings is 1. The number of methoxy groups -OCH3 is 1. The van der Waals surface area contributed by atoms with Crippen LogP contribution < -0.4 is 10.5 Å². The second-order valence-electron chi connectivity index (χ2n) is 8.54. The molecular formula is C30H26N2O3. The third kappa shape index (κ3) is 4.86. The van der Waals surface area contributed by atoms with Crippen LogP contribution >= 0.6 is 0 Å². The molecule has 0 saturated heterocycles. The van der Waals surface area contributed by atoms with Crippen molar-refractivity contribution in [2.45, 2.75) is 12.5 Å². The number of aromatic nitrogens is 1. The number of benzene rings is 4. The van der Waals surface area contributed by atoms with Crippen LogP contribution in [0.2, 0.25) is 0 Å². The molecule has 5 rings (SSSR count). The molecule has 5 heteroatoms. The Morgan fingerprint density at radius 3 is 2.46 bits per heavy atom. The van der Waals surface area contributed by atoms with Crippen LogP contribution in [-0.2, 0) is 11.2 Å². The number of hydrogen-bond acceptors (Lipinski definition) is 5. The van der Waals surface area contributed by atoms with E-state index in [2.05, 4.69) is 35.3 Å². The summed E-state index contributed by atoms with van der Waals surface area (Å²) in [5.74, 6) is 0.328. The fourth-order valence-corrected chi connectivity index (χ4v) is 4.34. The van der Waals surface area contributed by atoms with Gasteiger partial charge in [-0.15, -0.1) is 0 Å². The Morgan fingerprint density at radius 2 is 1.66 bits per heavy atom. The fraction of sp³-hybridized carbons (Fsp3) is 0.133. The predicted octanol–water partition coefficient (Wildman–Crippen LogP) is 5.79. The van der Waals surface area contributed by atoms with Crippen molar-refractivity contribution < 1.29 is 14.3 Å². The molecule has 1 aromatic heterocycles. The molecule has 0 bridgehead atoms. The van der Waals surface area contributed by atoms with Crippen molar-refractivity contribution in [3.05, 3.63) is 108 Å². The molecule has 174 valence electrons. The lowest BCUT2D eigenvalue weighted by Crippen LogP contribution is -2.30. The topological polar surface area (TPSA) is 74.4 Å². The molecule has 2 N–H and O–H groups in total. The van der Waals surface area contributed by atoms with Crippen molar-refractivity contribution in [2.24, 2.45) is 5.73 Å². The molecule has 0 unspecified atom stereocenters. The second kappa shape index (κ2) is 9.95. The number of ether oxygens (including phenoxy) is 2. The van der Waals surface area contributed by atoms with Gasteiger partial charge in [-0.2, -0.15) is 0 Å². The zero-order chi connectivity index (χ0) is 24.2. The summed E-state index contributed by atoms with van der Waals surface area (Å²) in [4.78, 5) is 17.1. The number of esters is 1. The minimum absolute atomic E-state index is 0.133. The van der Waals surface area contributed by atoms with Gasteiger partial charge in [-0.1, -0.05) is 72.8 Å². The zero-order valence-electron chi connectivity index (χ0n) is 19.5. The monoisotopic (exact) mass is 462 g/mol. The Balaban J connectivity index is 1.29. The standard InChI is InChI=1S/C30H26N2O3/c1-34-30(33)29-26-8-4-5-9-28(26)32-18-27(29)22-12-14-25(15-13-22)35-19-24(31)17-20-10-11-21-6-2-3-7-23(21)16-20/h2-16,18,24H,17,19,31H2,1H3/t24-/m0/s1. The molecule has 0 aliphatic carbocycles. The van der Waals surface area contributed by atoms with Gasteiger partial charge in [0, 0.05) is 23.2 Å². The normalized spacial score (nSPS) is 11.9. The highest BCUT2D eigenvalue weighted by Crippen LogP contribution is 2.30. The largest absolute Gasteiger partial charge is 0.492 e. The molecular weight excluding hydrogens is 436 g/mol. The number of carbonyl (C=O) groups is 1. The van der Waals surface area contributed by atoms with Gasteiger partial charge in [0.1, 0.15) is 12.4 Å². The third-order valence-corrected chi connectivity index (χ3v) is 6.11. The Bertz CT molecular complexity index is 1500. The van der Waals surface area contributed by atoms with Gasteiger partial charge in [0.25, 0.3) is 0 Å². The average molecular weight is 463 g/mol. The van der Waals surface area contributed by atoms with Crippen molar-refractivity contribution in [1.29, 1.82) is 0 Å². The molecule has 5 aromatic rings. The van der Waals surface area contributed by atoms with E-state index in [9.17, 15) is 4.79 Å². The predicted molar refractivity (Wildman–Crippen MR) is 140 cm³/mol. The highest BCUT2D eigenvalue weighted by Gasteiger charge is 2.18. The van der Waals surface area contributed by atoms with Crippen LogP contribution in [0.3, 0.4) is 0 Å². The van der Waals surface area contributed by atoms with Gasteiger partial charge in [-0.05, 0) is 46.5 Å². The molecule has 0 saturated carbocycles. The Labute approximate surface area is 204 Å². The molecule has 0 aliphatic heterocycles. The van der Waals surface area contributed by atoms with E-state index in [0.717, 1.165) is 34.2 Å². The van der Waals surface area contributed by atoms with Crippen LogP contribution in [0.4, 0.5) is 0 Å². The van der Waals surface area contributed by atoms with Gasteiger partial charge in [0.15, 0.2) is 0 Å². The maximum absolute atomic E-state index is 12.6. The molecule has 0 radical (unpaired) electrons. The molecule has 0 aliphatic rings. The first-order chi connectivity index (χ1) is 17.1. The van der Waals surface area contributed by atoms with E-state index < -0.39 is 5.97 Å². The van der Waals surface area contributed by atoms with Crippen LogP contribution in [0.15, 0.2) is 97.2 Å². The van der Waals surface area contributed by atoms with Crippen LogP contribution in [0, 0.1) is 0 Å². The molecule has 4 aromatic carbocycles. The summed E-state index contributed by atoms with van der Waals surface area (Å²) >= 11 is 0. The lowest BCUT2D eigenvalue weighted by molar-refractivity contribution is 0.0604. The Hall–Kier alpha value is -4.22. The molecule has 0 spiro atoms. The molecule has 0 fully saturated rings. The molecule has 35 heavy (non-hydrogen) atoms. The van der Waals surface area contributed by atoms with Crippen molar-refractivity contribution >= 4 is 27.6 Å². The minimum atomic E-state index is -0.390. The summed E-state index contributed by atoms with van der Waals surface area (Å²) in [5, 5.41) is 3.19. The summed E-state index contributed by atoms with van der Waals surface area (Å²) in [6.07, 6.45) is 2.44. The Morgan fingerprint density at radius 1 is 0.914 bits per heavy atom. The Kier molecular flexibility index (Phi) is 6.42. The minimum Gasteiger partial charge on any atom is -0.492 e. The molecule has 5 nitrogen and oxygen atoms in total. The first-order valence-electron chi connectivity index (χ1n) is 11.5. The van der Waals surface area contributed by atoms with E-state index in [1.807, 2.05) is 60.7 Å². The van der Waals surface area contributed by atoms with E-state index in [0.29, 0.717) is 12.2 Å². The first kappa shape index (κ1) is 22.6. The van der Waals surface area contributed by atoms with Gasteiger partial charge in [-0.25, -0.2) is 4.79 Å². The highest BCUT2D eigenvalue weighted by molar-refractivity contribution is 6.09. The lowest BCUT2D eigenvalue weighted by Gasteiger charge is -2.15. The third-order valence-electron chi connectivity index (χ3n) is 6.11. The lowest BCUT2D eigenvalue weighted by atomic mass is 9.98. The number of hydrogen-bond donors (Lipinski definition) is 1. The maximum Gasteiger partial charge on any atom is 0.339 e. The quantitative estimate of drug-likeness (QED) is 0.310. The van der Waals surface area contributed by atoms with E-state index in [1.54, 1.807) is 6.20 Å². The smallest absolute Gasteiger partial charge is 0.339 e. The van der Waals surface area contributed by atoms with Gasteiger partial charge in [-0.3, -0.25) is 4.98 Å². The van der Waals surface area contributed by atoms with E-state index in [-0.39, 0.29) is 6.04 Å². The fourth-order valence-electron chi connectivity index (χ4n) is 4.34. The van der Waals surface area contributed by atoms with Crippen molar-refractivity contribution in [3.63, 3.8) is 0 Å². The number of nitrogens with two attached hydrogens (primary N) is 1. The molecule has 0 amide bonds. The SMILES string of the molecule is COC(=O)c1c(-c2ccc(OC[C@@H](N)Cc3ccc4ccccc4c3)cc2)cnc2ccccc12. The number of nitrogens with zero attached hydrogens (tertiary/aromatic N) is 1. The van der Waals surface area contributed by atoms with Crippen molar-refractivity contribution in [2.75, 3.05) is 13.7 Å². The number of carbonyl (C=O) groups excluding carboxylic acids is 1. The summed E-state index contributed by atoms with van der Waals surface area (Å²) in [7, 11) is 1.39. The number of rotatable bonds is 7. The summed E-state index contributed by atoms with van der Waals surface area (Å²) in [6, 6.07) is 29.7. The highest BCUT2D eigenvalue weighted by atomic mass is 16.5. The number of fused-ring (bicyclic) bond motifs is 2. The van der Waals surface area contributed by atoms with E-state index in [4.69, 9.17) is 15.2 Å². The van der Waals surface area contributed by atoms with Crippen LogP contribution in [0.5, 0.6) is 5.75 Å². The van der Waals surface area contributed by atoms with Gasteiger partial charge >= 0.3 is 5.97 Å².